The number of hydrogen-bond acceptors (Lipinski definition) is 4. The molecule has 146 valence electrons. The van der Waals surface area contributed by atoms with Crippen molar-refractivity contribution in [2.24, 2.45) is 0 Å². The lowest BCUT2D eigenvalue weighted by atomic mass is 10.1. The Morgan fingerprint density at radius 1 is 1.21 bits per heavy atom. The van der Waals surface area contributed by atoms with Crippen LogP contribution in [0.2, 0.25) is 0 Å². The normalized spacial score (nSPS) is 15.8. The van der Waals surface area contributed by atoms with E-state index in [-0.39, 0.29) is 11.9 Å². The number of likely N-dealkylation sites (tertiary alicyclic amines) is 1. The highest BCUT2D eigenvalue weighted by Crippen LogP contribution is 2.27. The topological polar surface area (TPSA) is 63.1 Å². The largest absolute Gasteiger partial charge is 0.328 e. The van der Waals surface area contributed by atoms with Crippen LogP contribution in [0.3, 0.4) is 0 Å². The summed E-state index contributed by atoms with van der Waals surface area (Å²) in [6.45, 7) is 7.01. The Balaban J connectivity index is 1.62. The zero-order chi connectivity index (χ0) is 19.5. The minimum atomic E-state index is -0.314. The summed E-state index contributed by atoms with van der Waals surface area (Å²) in [5.74, 6) is 1.06. The van der Waals surface area contributed by atoms with Gasteiger partial charge >= 0.3 is 0 Å². The smallest absolute Gasteiger partial charge is 0.246 e. The summed E-state index contributed by atoms with van der Waals surface area (Å²) in [7, 11) is 0. The van der Waals surface area contributed by atoms with Gasteiger partial charge in [-0.15, -0.1) is 0 Å². The number of carbonyl (C=O) groups excluding carboxylic acids is 1. The molecular weight excluding hydrogens is 350 g/mol. The van der Waals surface area contributed by atoms with Crippen LogP contribution in [0.5, 0.6) is 0 Å². The molecule has 3 heterocycles. The average molecular weight is 377 g/mol. The molecule has 1 fully saturated rings. The van der Waals surface area contributed by atoms with Crippen LogP contribution in [0.1, 0.15) is 44.1 Å². The second kappa shape index (κ2) is 8.10. The lowest BCUT2D eigenvalue weighted by Crippen LogP contribution is -2.35. The van der Waals surface area contributed by atoms with Crippen LogP contribution in [-0.4, -0.2) is 38.4 Å². The van der Waals surface area contributed by atoms with Crippen molar-refractivity contribution in [3.8, 4) is 0 Å². The van der Waals surface area contributed by atoms with Crippen molar-refractivity contribution in [2.75, 3.05) is 18.4 Å². The van der Waals surface area contributed by atoms with E-state index >= 15 is 0 Å². The molecule has 1 aliphatic heterocycles. The van der Waals surface area contributed by atoms with Gasteiger partial charge in [0.25, 0.3) is 0 Å². The van der Waals surface area contributed by atoms with Gasteiger partial charge in [-0.25, -0.2) is 4.98 Å². The van der Waals surface area contributed by atoms with Crippen molar-refractivity contribution < 1.29 is 4.79 Å². The van der Waals surface area contributed by atoms with Crippen molar-refractivity contribution in [1.29, 1.82) is 0 Å². The fourth-order valence-corrected chi connectivity index (χ4v) is 4.16. The number of anilines is 1. The third-order valence-electron chi connectivity index (χ3n) is 5.48. The fourth-order valence-electron chi connectivity index (χ4n) is 4.16. The maximum atomic E-state index is 13.2. The van der Waals surface area contributed by atoms with E-state index in [0.717, 1.165) is 67.0 Å². The minimum absolute atomic E-state index is 0.0140. The predicted molar refractivity (Wildman–Crippen MR) is 111 cm³/mol. The van der Waals surface area contributed by atoms with Gasteiger partial charge in [-0.2, -0.15) is 0 Å². The Hall–Kier alpha value is -2.73. The molecule has 1 aliphatic rings. The monoisotopic (exact) mass is 377 g/mol. The van der Waals surface area contributed by atoms with E-state index < -0.39 is 0 Å². The van der Waals surface area contributed by atoms with Gasteiger partial charge in [0.15, 0.2) is 0 Å². The van der Waals surface area contributed by atoms with Gasteiger partial charge < -0.3 is 9.88 Å². The van der Waals surface area contributed by atoms with E-state index in [1.165, 1.54) is 0 Å². The molecule has 3 aromatic rings. The minimum Gasteiger partial charge on any atom is -0.328 e. The lowest BCUT2D eigenvalue weighted by Gasteiger charge is -2.26. The fraction of sp³-hybridized carbons (Fsp3) is 0.409. The van der Waals surface area contributed by atoms with Crippen molar-refractivity contribution >= 4 is 22.6 Å². The Morgan fingerprint density at radius 3 is 2.71 bits per heavy atom. The van der Waals surface area contributed by atoms with Crippen LogP contribution in [0.25, 0.3) is 11.0 Å². The van der Waals surface area contributed by atoms with Gasteiger partial charge in [0, 0.05) is 31.0 Å². The van der Waals surface area contributed by atoms with E-state index in [1.54, 1.807) is 12.4 Å². The first-order valence-electron chi connectivity index (χ1n) is 10.1. The van der Waals surface area contributed by atoms with Crippen LogP contribution in [0, 0.1) is 0 Å². The Morgan fingerprint density at radius 2 is 2.04 bits per heavy atom. The van der Waals surface area contributed by atoms with E-state index in [2.05, 4.69) is 39.7 Å². The molecule has 1 saturated heterocycles. The molecule has 2 aromatic heterocycles. The maximum Gasteiger partial charge on any atom is 0.246 e. The molecule has 0 radical (unpaired) electrons. The molecule has 6 heteroatoms. The number of fused-ring (bicyclic) bond motifs is 1. The summed E-state index contributed by atoms with van der Waals surface area (Å²) in [6, 6.07) is 9.55. The molecule has 0 aliphatic carbocycles. The molecule has 28 heavy (non-hydrogen) atoms. The number of benzene rings is 1. The summed E-state index contributed by atoms with van der Waals surface area (Å²) < 4.78 is 2.23. The highest BCUT2D eigenvalue weighted by atomic mass is 16.2. The number of rotatable bonds is 6. The summed E-state index contributed by atoms with van der Waals surface area (Å²) >= 11 is 0. The zero-order valence-electron chi connectivity index (χ0n) is 16.6. The van der Waals surface area contributed by atoms with Gasteiger partial charge in [-0.3, -0.25) is 14.7 Å². The number of aryl methyl sites for hydroxylation is 2. The molecule has 1 atom stereocenters. The standard InChI is InChI=1S/C22H27N5O/c1-3-20-25-18-14-17(9-10-19(18)27(20)4-2)24-22(28)21(26-12-5-6-13-26)16-8-7-11-23-15-16/h7-11,14-15,21H,3-6,12-13H2,1-2H3,(H,24,28). The number of nitrogens with one attached hydrogen (secondary N) is 1. The second-order valence-electron chi connectivity index (χ2n) is 7.25. The number of carbonyl (C=O) groups is 1. The lowest BCUT2D eigenvalue weighted by molar-refractivity contribution is -0.121. The quantitative estimate of drug-likeness (QED) is 0.710. The molecule has 0 bridgehead atoms. The Labute approximate surface area is 165 Å². The SMILES string of the molecule is CCc1nc2cc(NC(=O)C(c3cccnc3)N3CCCC3)ccc2n1CC. The second-order valence-corrected chi connectivity index (χ2v) is 7.25. The van der Waals surface area contributed by atoms with Gasteiger partial charge in [0.1, 0.15) is 11.9 Å². The van der Waals surface area contributed by atoms with Crippen LogP contribution >= 0.6 is 0 Å². The van der Waals surface area contributed by atoms with Crippen molar-refractivity contribution in [1.82, 2.24) is 19.4 Å². The van der Waals surface area contributed by atoms with Crippen molar-refractivity contribution in [3.05, 3.63) is 54.1 Å². The van der Waals surface area contributed by atoms with Crippen LogP contribution in [-0.2, 0) is 17.8 Å². The van der Waals surface area contributed by atoms with Crippen molar-refractivity contribution in [2.45, 2.75) is 45.7 Å². The number of amides is 1. The van der Waals surface area contributed by atoms with Crippen LogP contribution in [0.4, 0.5) is 5.69 Å². The summed E-state index contributed by atoms with van der Waals surface area (Å²) in [4.78, 5) is 24.4. The molecule has 0 spiro atoms. The average Bonchev–Trinajstić information content (AvgIpc) is 3.36. The van der Waals surface area contributed by atoms with Gasteiger partial charge in [0.2, 0.25) is 5.91 Å². The van der Waals surface area contributed by atoms with Crippen molar-refractivity contribution in [3.63, 3.8) is 0 Å². The molecule has 4 rings (SSSR count). The van der Waals surface area contributed by atoms with E-state index in [1.807, 2.05) is 24.3 Å². The number of nitrogens with zero attached hydrogens (tertiary/aromatic N) is 4. The molecule has 1 amide bonds. The summed E-state index contributed by atoms with van der Waals surface area (Å²) in [5.41, 5.74) is 3.76. The third-order valence-corrected chi connectivity index (χ3v) is 5.48. The Kier molecular flexibility index (Phi) is 5.39. The van der Waals surface area contributed by atoms with E-state index in [9.17, 15) is 4.79 Å². The molecular formula is C22H27N5O. The van der Waals surface area contributed by atoms with Gasteiger partial charge in [-0.1, -0.05) is 13.0 Å². The van der Waals surface area contributed by atoms with E-state index in [0.29, 0.717) is 0 Å². The first kappa shape index (κ1) is 18.6. The molecule has 1 unspecified atom stereocenters. The Bertz CT molecular complexity index is 960. The van der Waals surface area contributed by atoms with E-state index in [4.69, 9.17) is 4.98 Å². The predicted octanol–water partition coefficient (Wildman–Crippen LogP) is 3.79. The van der Waals surface area contributed by atoms with Gasteiger partial charge in [0.05, 0.1) is 11.0 Å². The van der Waals surface area contributed by atoms with Crippen LogP contribution in [0.15, 0.2) is 42.7 Å². The number of pyridine rings is 1. The summed E-state index contributed by atoms with van der Waals surface area (Å²) in [6.07, 6.45) is 6.69. The highest BCUT2D eigenvalue weighted by molar-refractivity contribution is 5.97. The molecule has 6 nitrogen and oxygen atoms in total. The summed E-state index contributed by atoms with van der Waals surface area (Å²) in [5, 5.41) is 3.12. The first-order chi connectivity index (χ1) is 13.7. The van der Waals surface area contributed by atoms with Crippen LogP contribution < -0.4 is 5.32 Å². The maximum absolute atomic E-state index is 13.2. The zero-order valence-corrected chi connectivity index (χ0v) is 16.6. The number of imidazole rings is 1. The number of aromatic nitrogens is 3. The highest BCUT2D eigenvalue weighted by Gasteiger charge is 2.30. The molecule has 1 N–H and O–H groups in total. The third kappa shape index (κ3) is 3.52. The molecule has 0 saturated carbocycles. The molecule has 1 aromatic carbocycles. The number of hydrogen-bond donors (Lipinski definition) is 1. The first-order valence-corrected chi connectivity index (χ1v) is 10.1. The van der Waals surface area contributed by atoms with Gasteiger partial charge in [-0.05, 0) is 62.7 Å².